The summed E-state index contributed by atoms with van der Waals surface area (Å²) in [4.78, 5) is 14.6. The number of benzene rings is 3. The molecule has 3 aromatic rings. The highest BCUT2D eigenvalue weighted by atomic mass is 16.5. The van der Waals surface area contributed by atoms with E-state index < -0.39 is 0 Å². The first-order valence-corrected chi connectivity index (χ1v) is 12.5. The van der Waals surface area contributed by atoms with Crippen molar-refractivity contribution in [2.75, 3.05) is 43.1 Å². The van der Waals surface area contributed by atoms with Crippen molar-refractivity contribution >= 4 is 17.3 Å². The third-order valence-electron chi connectivity index (χ3n) is 6.81. The van der Waals surface area contributed by atoms with Crippen LogP contribution in [0, 0.1) is 0 Å². The second-order valence-corrected chi connectivity index (χ2v) is 9.17. The molecular weight excluding hydrogens is 438 g/mol. The molecule has 0 radical (unpaired) electrons. The van der Waals surface area contributed by atoms with Crippen LogP contribution in [0.2, 0.25) is 0 Å². The van der Waals surface area contributed by atoms with E-state index in [1.165, 1.54) is 16.8 Å². The highest BCUT2D eigenvalue weighted by Crippen LogP contribution is 2.27. The predicted molar refractivity (Wildman–Crippen MR) is 139 cm³/mol. The molecule has 3 aromatic carbocycles. The SMILES string of the molecule is O=C(COc1ccccc1)Nc1ccc(N2CCC(NCC3OCCc4ccccc43)CC2)cc1. The summed E-state index contributed by atoms with van der Waals surface area (Å²) in [6.07, 6.45) is 3.36. The Bertz CT molecular complexity index is 1100. The minimum absolute atomic E-state index is 0.0102. The van der Waals surface area contributed by atoms with Gasteiger partial charge < -0.3 is 25.0 Å². The molecule has 0 bridgehead atoms. The van der Waals surface area contributed by atoms with E-state index >= 15 is 0 Å². The van der Waals surface area contributed by atoms with Gasteiger partial charge in [0.25, 0.3) is 5.91 Å². The van der Waals surface area contributed by atoms with Crippen LogP contribution < -0.4 is 20.3 Å². The summed E-state index contributed by atoms with van der Waals surface area (Å²) in [5.41, 5.74) is 4.72. The van der Waals surface area contributed by atoms with Crippen LogP contribution in [0.15, 0.2) is 78.9 Å². The van der Waals surface area contributed by atoms with E-state index in [9.17, 15) is 4.79 Å². The minimum Gasteiger partial charge on any atom is -0.484 e. The molecule has 6 heteroatoms. The number of amides is 1. The van der Waals surface area contributed by atoms with Crippen LogP contribution >= 0.6 is 0 Å². The molecule has 2 aliphatic rings. The number of nitrogens with one attached hydrogen (secondary N) is 2. The first-order chi connectivity index (χ1) is 17.2. The molecular formula is C29H33N3O3. The standard InChI is InChI=1S/C29H33N3O3/c33-29(21-35-26-7-2-1-3-8-26)31-24-10-12-25(13-11-24)32-17-14-23(15-18-32)30-20-28-27-9-5-4-6-22(27)16-19-34-28/h1-13,23,28,30H,14-21H2,(H,31,33). The molecule has 6 nitrogen and oxygen atoms in total. The van der Waals surface area contributed by atoms with Crippen molar-refractivity contribution < 1.29 is 14.3 Å². The van der Waals surface area contributed by atoms with Gasteiger partial charge in [0.2, 0.25) is 0 Å². The molecule has 2 heterocycles. The van der Waals surface area contributed by atoms with Gasteiger partial charge in [0.15, 0.2) is 6.61 Å². The smallest absolute Gasteiger partial charge is 0.262 e. The Morgan fingerprint density at radius 1 is 0.943 bits per heavy atom. The van der Waals surface area contributed by atoms with Gasteiger partial charge in [0.05, 0.1) is 12.7 Å². The van der Waals surface area contributed by atoms with Gasteiger partial charge >= 0.3 is 0 Å². The van der Waals surface area contributed by atoms with Crippen LogP contribution in [-0.4, -0.2) is 44.8 Å². The lowest BCUT2D eigenvalue weighted by Gasteiger charge is -2.35. The first kappa shape index (κ1) is 23.4. The lowest BCUT2D eigenvalue weighted by atomic mass is 9.97. The van der Waals surface area contributed by atoms with Crippen molar-refractivity contribution in [1.82, 2.24) is 5.32 Å². The van der Waals surface area contributed by atoms with Gasteiger partial charge in [-0.25, -0.2) is 0 Å². The number of fused-ring (bicyclic) bond motifs is 1. The Morgan fingerprint density at radius 3 is 2.49 bits per heavy atom. The molecule has 1 amide bonds. The van der Waals surface area contributed by atoms with E-state index in [1.54, 1.807) is 0 Å². The van der Waals surface area contributed by atoms with Gasteiger partial charge in [0.1, 0.15) is 5.75 Å². The molecule has 1 unspecified atom stereocenters. The molecule has 0 spiro atoms. The van der Waals surface area contributed by atoms with Crippen molar-refractivity contribution in [2.45, 2.75) is 31.4 Å². The molecule has 1 fully saturated rings. The number of carbonyl (C=O) groups excluding carboxylic acids is 1. The van der Waals surface area contributed by atoms with Gasteiger partial charge in [-0.05, 0) is 66.8 Å². The predicted octanol–water partition coefficient (Wildman–Crippen LogP) is 4.58. The summed E-state index contributed by atoms with van der Waals surface area (Å²) in [7, 11) is 0. The molecule has 35 heavy (non-hydrogen) atoms. The van der Waals surface area contributed by atoms with Crippen LogP contribution in [0.5, 0.6) is 5.75 Å². The van der Waals surface area contributed by atoms with E-state index in [0.29, 0.717) is 11.8 Å². The Labute approximate surface area is 207 Å². The third kappa shape index (κ3) is 6.21. The Kier molecular flexibility index (Phi) is 7.61. The summed E-state index contributed by atoms with van der Waals surface area (Å²) in [6.45, 7) is 3.68. The van der Waals surface area contributed by atoms with Gasteiger partial charge in [-0.2, -0.15) is 0 Å². The van der Waals surface area contributed by atoms with Gasteiger partial charge in [-0.15, -0.1) is 0 Å². The normalized spacial score (nSPS) is 18.1. The zero-order valence-corrected chi connectivity index (χ0v) is 20.0. The van der Waals surface area contributed by atoms with Crippen molar-refractivity contribution in [1.29, 1.82) is 0 Å². The molecule has 0 aromatic heterocycles. The fourth-order valence-corrected chi connectivity index (χ4v) is 4.88. The largest absolute Gasteiger partial charge is 0.484 e. The number of rotatable bonds is 8. The van der Waals surface area contributed by atoms with Crippen molar-refractivity contribution in [2.24, 2.45) is 0 Å². The van der Waals surface area contributed by atoms with E-state index in [4.69, 9.17) is 9.47 Å². The van der Waals surface area contributed by atoms with Crippen LogP contribution in [0.1, 0.15) is 30.1 Å². The van der Waals surface area contributed by atoms with Crippen LogP contribution in [-0.2, 0) is 16.0 Å². The Balaban J connectivity index is 1.05. The lowest BCUT2D eigenvalue weighted by molar-refractivity contribution is -0.118. The lowest BCUT2D eigenvalue weighted by Crippen LogP contribution is -2.44. The number of hydrogen-bond acceptors (Lipinski definition) is 5. The van der Waals surface area contributed by atoms with E-state index in [-0.39, 0.29) is 18.6 Å². The summed E-state index contributed by atoms with van der Waals surface area (Å²) in [5, 5.41) is 6.65. The topological polar surface area (TPSA) is 62.8 Å². The number of ether oxygens (including phenoxy) is 2. The highest BCUT2D eigenvalue weighted by Gasteiger charge is 2.24. The second-order valence-electron chi connectivity index (χ2n) is 9.17. The summed E-state index contributed by atoms with van der Waals surface area (Å²) < 4.78 is 11.6. The maximum Gasteiger partial charge on any atom is 0.262 e. The number of nitrogens with zero attached hydrogens (tertiary/aromatic N) is 1. The monoisotopic (exact) mass is 471 g/mol. The van der Waals surface area contributed by atoms with E-state index in [0.717, 1.165) is 51.2 Å². The Hall–Kier alpha value is -3.35. The average Bonchev–Trinajstić information content (AvgIpc) is 2.92. The molecule has 2 N–H and O–H groups in total. The van der Waals surface area contributed by atoms with Crippen LogP contribution in [0.3, 0.4) is 0 Å². The Morgan fingerprint density at radius 2 is 1.69 bits per heavy atom. The number of piperidine rings is 1. The fourth-order valence-electron chi connectivity index (χ4n) is 4.88. The molecule has 0 aliphatic carbocycles. The number of anilines is 2. The zero-order valence-electron chi connectivity index (χ0n) is 20.0. The van der Waals surface area contributed by atoms with E-state index in [2.05, 4.69) is 51.9 Å². The average molecular weight is 472 g/mol. The second kappa shape index (κ2) is 11.4. The molecule has 2 aliphatic heterocycles. The number of carbonyl (C=O) groups is 1. The van der Waals surface area contributed by atoms with E-state index in [1.807, 2.05) is 42.5 Å². The summed E-state index contributed by atoms with van der Waals surface area (Å²) in [6, 6.07) is 26.6. The number of para-hydroxylation sites is 1. The minimum atomic E-state index is -0.168. The molecule has 182 valence electrons. The fraction of sp³-hybridized carbons (Fsp3) is 0.345. The first-order valence-electron chi connectivity index (χ1n) is 12.5. The maximum atomic E-state index is 12.2. The van der Waals surface area contributed by atoms with Crippen molar-refractivity contribution in [3.05, 3.63) is 90.0 Å². The van der Waals surface area contributed by atoms with Crippen molar-refractivity contribution in [3.63, 3.8) is 0 Å². The number of hydrogen-bond donors (Lipinski definition) is 2. The molecule has 0 saturated carbocycles. The van der Waals surface area contributed by atoms with Crippen molar-refractivity contribution in [3.8, 4) is 5.75 Å². The highest BCUT2D eigenvalue weighted by molar-refractivity contribution is 5.92. The molecule has 1 saturated heterocycles. The van der Waals surface area contributed by atoms with Gasteiger partial charge in [-0.1, -0.05) is 42.5 Å². The van der Waals surface area contributed by atoms with Gasteiger partial charge in [0, 0.05) is 37.1 Å². The van der Waals surface area contributed by atoms with Gasteiger partial charge in [-0.3, -0.25) is 4.79 Å². The quantitative estimate of drug-likeness (QED) is 0.504. The zero-order chi connectivity index (χ0) is 23.9. The molecule has 5 rings (SSSR count). The molecule has 1 atom stereocenters. The summed E-state index contributed by atoms with van der Waals surface area (Å²) in [5.74, 6) is 0.519. The summed E-state index contributed by atoms with van der Waals surface area (Å²) >= 11 is 0. The third-order valence-corrected chi connectivity index (χ3v) is 6.81. The van der Waals surface area contributed by atoms with Crippen LogP contribution in [0.25, 0.3) is 0 Å². The van der Waals surface area contributed by atoms with Crippen LogP contribution in [0.4, 0.5) is 11.4 Å². The maximum absolute atomic E-state index is 12.2.